The quantitative estimate of drug-likeness (QED) is 0.863. The Labute approximate surface area is 109 Å². The molecule has 0 aliphatic heterocycles. The van der Waals surface area contributed by atoms with Gasteiger partial charge in [-0.15, -0.1) is 0 Å². The Hall–Kier alpha value is -1.02. The van der Waals surface area contributed by atoms with Crippen molar-refractivity contribution in [3.05, 3.63) is 29.3 Å². The molecule has 98 valence electrons. The van der Waals surface area contributed by atoms with Gasteiger partial charge < -0.3 is 9.84 Å². The molecule has 2 nitrogen and oxygen atoms in total. The lowest BCUT2D eigenvalue weighted by Crippen LogP contribution is -2.23. The van der Waals surface area contributed by atoms with Crippen LogP contribution in [-0.4, -0.2) is 11.2 Å². The lowest BCUT2D eigenvalue weighted by molar-refractivity contribution is 0.134. The predicted octanol–water partition coefficient (Wildman–Crippen LogP) is 3.62. The highest BCUT2D eigenvalue weighted by Gasteiger charge is 2.25. The molecule has 1 aromatic carbocycles. The van der Waals surface area contributed by atoms with Gasteiger partial charge in [0.2, 0.25) is 0 Å². The fraction of sp³-hybridized carbons (Fsp3) is 0.625. The van der Waals surface area contributed by atoms with Crippen LogP contribution in [0.5, 0.6) is 5.75 Å². The summed E-state index contributed by atoms with van der Waals surface area (Å²) in [6.45, 7) is 2.33. The predicted molar refractivity (Wildman–Crippen MR) is 71.8 cm³/mol. The van der Waals surface area contributed by atoms with Crippen molar-refractivity contribution in [1.29, 1.82) is 0 Å². The number of benzene rings is 1. The van der Waals surface area contributed by atoms with E-state index in [-0.39, 0.29) is 6.10 Å². The first-order valence-corrected chi connectivity index (χ1v) is 7.20. The molecule has 2 heteroatoms. The van der Waals surface area contributed by atoms with Crippen LogP contribution in [0.25, 0.3) is 0 Å². The molecule has 0 aromatic heterocycles. The molecule has 2 aliphatic carbocycles. The van der Waals surface area contributed by atoms with Gasteiger partial charge in [0.1, 0.15) is 5.75 Å². The van der Waals surface area contributed by atoms with E-state index in [1.165, 1.54) is 31.2 Å². The molecule has 0 bridgehead atoms. The zero-order valence-corrected chi connectivity index (χ0v) is 11.1. The summed E-state index contributed by atoms with van der Waals surface area (Å²) in [7, 11) is 0. The molecule has 1 N–H and O–H groups in total. The SMILES string of the molecule is CC1CCC(Oc2cccc3c2CCC3O)CC1. The summed E-state index contributed by atoms with van der Waals surface area (Å²) in [5, 5.41) is 9.89. The van der Waals surface area contributed by atoms with Crippen molar-refractivity contribution in [2.45, 2.75) is 57.7 Å². The average Bonchev–Trinajstić information content (AvgIpc) is 2.76. The van der Waals surface area contributed by atoms with E-state index in [4.69, 9.17) is 4.74 Å². The van der Waals surface area contributed by atoms with Crippen molar-refractivity contribution >= 4 is 0 Å². The molecule has 1 fully saturated rings. The maximum absolute atomic E-state index is 9.89. The standard InChI is InChI=1S/C16H22O2/c1-11-5-7-12(8-6-11)18-16-4-2-3-13-14(16)9-10-15(13)17/h2-4,11-12,15,17H,5-10H2,1H3. The zero-order valence-electron chi connectivity index (χ0n) is 11.1. The van der Waals surface area contributed by atoms with Gasteiger partial charge in [-0.25, -0.2) is 0 Å². The summed E-state index contributed by atoms with van der Waals surface area (Å²) in [6.07, 6.45) is 6.80. The number of fused-ring (bicyclic) bond motifs is 1. The molecule has 1 aromatic rings. The van der Waals surface area contributed by atoms with Gasteiger partial charge in [0, 0.05) is 5.56 Å². The third-order valence-corrected chi connectivity index (χ3v) is 4.45. The van der Waals surface area contributed by atoms with Gasteiger partial charge in [-0.1, -0.05) is 19.1 Å². The number of aliphatic hydroxyl groups is 1. The van der Waals surface area contributed by atoms with Crippen molar-refractivity contribution < 1.29 is 9.84 Å². The number of hydrogen-bond acceptors (Lipinski definition) is 2. The third kappa shape index (κ3) is 2.26. The van der Waals surface area contributed by atoms with Crippen molar-refractivity contribution in [3.8, 4) is 5.75 Å². The second-order valence-corrected chi connectivity index (χ2v) is 5.88. The van der Waals surface area contributed by atoms with Crippen molar-refractivity contribution in [2.24, 2.45) is 5.92 Å². The van der Waals surface area contributed by atoms with E-state index in [9.17, 15) is 5.11 Å². The van der Waals surface area contributed by atoms with E-state index in [0.29, 0.717) is 6.10 Å². The van der Waals surface area contributed by atoms with Gasteiger partial charge >= 0.3 is 0 Å². The highest BCUT2D eigenvalue weighted by atomic mass is 16.5. The number of aliphatic hydroxyl groups excluding tert-OH is 1. The number of rotatable bonds is 2. The van der Waals surface area contributed by atoms with Crippen LogP contribution in [0.15, 0.2) is 18.2 Å². The molecule has 0 amide bonds. The second-order valence-electron chi connectivity index (χ2n) is 5.88. The van der Waals surface area contributed by atoms with E-state index in [0.717, 1.165) is 30.1 Å². The number of hydrogen-bond donors (Lipinski definition) is 1. The zero-order chi connectivity index (χ0) is 12.5. The van der Waals surface area contributed by atoms with Crippen LogP contribution >= 0.6 is 0 Å². The van der Waals surface area contributed by atoms with E-state index in [2.05, 4.69) is 13.0 Å². The minimum absolute atomic E-state index is 0.282. The molecule has 1 unspecified atom stereocenters. The number of ether oxygens (including phenoxy) is 1. The topological polar surface area (TPSA) is 29.5 Å². The monoisotopic (exact) mass is 246 g/mol. The molecular formula is C16H22O2. The van der Waals surface area contributed by atoms with E-state index in [1.807, 2.05) is 12.1 Å². The minimum atomic E-state index is -0.282. The average molecular weight is 246 g/mol. The summed E-state index contributed by atoms with van der Waals surface area (Å²) < 4.78 is 6.18. The fourth-order valence-corrected chi connectivity index (χ4v) is 3.24. The summed E-state index contributed by atoms with van der Waals surface area (Å²) in [6, 6.07) is 6.10. The Morgan fingerprint density at radius 2 is 1.89 bits per heavy atom. The van der Waals surface area contributed by atoms with Crippen LogP contribution < -0.4 is 4.74 Å². The normalized spacial score (nSPS) is 31.1. The molecule has 0 heterocycles. The molecule has 1 saturated carbocycles. The summed E-state index contributed by atoms with van der Waals surface area (Å²) >= 11 is 0. The van der Waals surface area contributed by atoms with Crippen LogP contribution in [0.2, 0.25) is 0 Å². The second kappa shape index (κ2) is 4.93. The van der Waals surface area contributed by atoms with Crippen LogP contribution in [0.1, 0.15) is 56.3 Å². The lowest BCUT2D eigenvalue weighted by atomic mass is 9.89. The molecule has 0 radical (unpaired) electrons. The maximum Gasteiger partial charge on any atom is 0.123 e. The van der Waals surface area contributed by atoms with Gasteiger partial charge in [0.05, 0.1) is 12.2 Å². The Balaban J connectivity index is 1.74. The van der Waals surface area contributed by atoms with Crippen LogP contribution in [-0.2, 0) is 6.42 Å². The largest absolute Gasteiger partial charge is 0.490 e. The first-order chi connectivity index (χ1) is 8.74. The highest BCUT2D eigenvalue weighted by molar-refractivity contribution is 5.44. The van der Waals surface area contributed by atoms with E-state index < -0.39 is 0 Å². The van der Waals surface area contributed by atoms with Crippen LogP contribution in [0, 0.1) is 5.92 Å². The van der Waals surface area contributed by atoms with Gasteiger partial charge in [0.15, 0.2) is 0 Å². The minimum Gasteiger partial charge on any atom is -0.490 e. The first-order valence-electron chi connectivity index (χ1n) is 7.20. The smallest absolute Gasteiger partial charge is 0.123 e. The molecule has 3 rings (SSSR count). The Kier molecular flexibility index (Phi) is 3.29. The summed E-state index contributed by atoms with van der Waals surface area (Å²) in [4.78, 5) is 0. The van der Waals surface area contributed by atoms with E-state index >= 15 is 0 Å². The lowest BCUT2D eigenvalue weighted by Gasteiger charge is -2.27. The van der Waals surface area contributed by atoms with Crippen molar-refractivity contribution in [3.63, 3.8) is 0 Å². The van der Waals surface area contributed by atoms with Crippen molar-refractivity contribution in [1.82, 2.24) is 0 Å². The van der Waals surface area contributed by atoms with Crippen LogP contribution in [0.4, 0.5) is 0 Å². The highest BCUT2D eigenvalue weighted by Crippen LogP contribution is 2.38. The van der Waals surface area contributed by atoms with Crippen molar-refractivity contribution in [2.75, 3.05) is 0 Å². The van der Waals surface area contributed by atoms with Gasteiger partial charge in [0.25, 0.3) is 0 Å². The Bertz CT molecular complexity index is 419. The van der Waals surface area contributed by atoms with Crippen LogP contribution in [0.3, 0.4) is 0 Å². The molecular weight excluding hydrogens is 224 g/mol. The molecule has 0 saturated heterocycles. The fourth-order valence-electron chi connectivity index (χ4n) is 3.24. The van der Waals surface area contributed by atoms with E-state index in [1.54, 1.807) is 0 Å². The van der Waals surface area contributed by atoms with Gasteiger partial charge in [-0.2, -0.15) is 0 Å². The molecule has 1 atom stereocenters. The third-order valence-electron chi connectivity index (χ3n) is 4.45. The van der Waals surface area contributed by atoms with Gasteiger partial charge in [-0.05, 0) is 56.1 Å². The summed E-state index contributed by atoms with van der Waals surface area (Å²) in [5.41, 5.74) is 2.32. The Morgan fingerprint density at radius 3 is 2.67 bits per heavy atom. The maximum atomic E-state index is 9.89. The first kappa shape index (κ1) is 12.0. The Morgan fingerprint density at radius 1 is 1.11 bits per heavy atom. The molecule has 0 spiro atoms. The molecule has 2 aliphatic rings. The summed E-state index contributed by atoms with van der Waals surface area (Å²) in [5.74, 6) is 1.87. The molecule has 18 heavy (non-hydrogen) atoms. The van der Waals surface area contributed by atoms with Gasteiger partial charge in [-0.3, -0.25) is 0 Å².